The summed E-state index contributed by atoms with van der Waals surface area (Å²) in [5.41, 5.74) is 0.988. The van der Waals surface area contributed by atoms with Gasteiger partial charge in [0, 0.05) is 11.6 Å². The minimum absolute atomic E-state index is 0. The molecule has 2 rings (SSSR count). The summed E-state index contributed by atoms with van der Waals surface area (Å²) in [5, 5.41) is 13.9. The fourth-order valence-corrected chi connectivity index (χ4v) is 3.89. The number of fused-ring (bicyclic) bond motifs is 1. The Morgan fingerprint density at radius 1 is 0.893 bits per heavy atom. The van der Waals surface area contributed by atoms with Crippen molar-refractivity contribution in [3.05, 3.63) is 47.0 Å². The van der Waals surface area contributed by atoms with Gasteiger partial charge in [-0.2, -0.15) is 0 Å². The number of halogens is 2. The summed E-state index contributed by atoms with van der Waals surface area (Å²) < 4.78 is 0. The lowest BCUT2D eigenvalue weighted by molar-refractivity contribution is 0.111. The number of unbranched alkanes of at least 4 members (excludes halogenated alkanes) is 6. The first kappa shape index (κ1) is 25.2. The molecule has 0 saturated carbocycles. The molecule has 2 aromatic rings. The molecule has 0 amide bonds. The Kier molecular flexibility index (Phi) is 12.8. The van der Waals surface area contributed by atoms with Crippen LogP contribution in [0.1, 0.15) is 76.9 Å². The van der Waals surface area contributed by atoms with Crippen LogP contribution in [0.2, 0.25) is 5.02 Å². The first-order chi connectivity index (χ1) is 13.2. The highest BCUT2D eigenvalue weighted by Gasteiger charge is 2.16. The van der Waals surface area contributed by atoms with Gasteiger partial charge in [-0.15, -0.1) is 12.4 Å². The van der Waals surface area contributed by atoms with Gasteiger partial charge in [-0.1, -0.05) is 88.2 Å². The molecule has 2 nitrogen and oxygen atoms in total. The van der Waals surface area contributed by atoms with Crippen molar-refractivity contribution in [3.63, 3.8) is 0 Å². The van der Waals surface area contributed by atoms with Crippen LogP contribution in [0.15, 0.2) is 36.4 Å². The van der Waals surface area contributed by atoms with Gasteiger partial charge in [0.25, 0.3) is 0 Å². The molecule has 1 unspecified atom stereocenters. The third-order valence-corrected chi connectivity index (χ3v) is 5.56. The zero-order chi connectivity index (χ0) is 19.5. The predicted octanol–water partition coefficient (Wildman–Crippen LogP) is 7.41. The average Bonchev–Trinajstić information content (AvgIpc) is 2.67. The monoisotopic (exact) mass is 425 g/mol. The van der Waals surface area contributed by atoms with E-state index in [1.165, 1.54) is 51.4 Å². The standard InChI is InChI=1S/C24H36ClNO.ClH/c1-3-5-7-9-16-26(17-10-8-6-4-2)19-24(27)22-13-11-12-20-14-15-21(25)18-23(20)22;/h11-15,18,24,27H,3-10,16-17,19H2,1-2H3;1H. The number of rotatable bonds is 13. The molecule has 0 spiro atoms. The van der Waals surface area contributed by atoms with Crippen molar-refractivity contribution in [2.45, 2.75) is 71.3 Å². The van der Waals surface area contributed by atoms with E-state index in [1.54, 1.807) is 0 Å². The summed E-state index contributed by atoms with van der Waals surface area (Å²) in [6, 6.07) is 12.1. The van der Waals surface area contributed by atoms with E-state index in [9.17, 15) is 5.11 Å². The van der Waals surface area contributed by atoms with Crippen LogP contribution in [0.5, 0.6) is 0 Å². The van der Waals surface area contributed by atoms with Gasteiger partial charge >= 0.3 is 0 Å². The molecule has 28 heavy (non-hydrogen) atoms. The third-order valence-electron chi connectivity index (χ3n) is 5.32. The minimum Gasteiger partial charge on any atom is -0.387 e. The van der Waals surface area contributed by atoms with Crippen LogP contribution in [-0.2, 0) is 0 Å². The molecule has 0 heterocycles. The Bertz CT molecular complexity index is 665. The van der Waals surface area contributed by atoms with Crippen LogP contribution in [0.3, 0.4) is 0 Å². The van der Waals surface area contributed by atoms with Crippen LogP contribution < -0.4 is 0 Å². The summed E-state index contributed by atoms with van der Waals surface area (Å²) in [6.07, 6.45) is 9.63. The number of aliphatic hydroxyl groups is 1. The van der Waals surface area contributed by atoms with Crippen LogP contribution in [0.4, 0.5) is 0 Å². The lowest BCUT2D eigenvalue weighted by atomic mass is 10.00. The van der Waals surface area contributed by atoms with Crippen molar-refractivity contribution < 1.29 is 5.11 Å². The highest BCUT2D eigenvalue weighted by molar-refractivity contribution is 6.31. The molecule has 1 N–H and O–H groups in total. The van der Waals surface area contributed by atoms with Gasteiger partial charge in [-0.25, -0.2) is 0 Å². The zero-order valence-corrected chi connectivity index (χ0v) is 19.1. The van der Waals surface area contributed by atoms with Crippen LogP contribution in [0, 0.1) is 0 Å². The Morgan fingerprint density at radius 3 is 2.14 bits per heavy atom. The smallest absolute Gasteiger partial charge is 0.0922 e. The van der Waals surface area contributed by atoms with Crippen LogP contribution >= 0.6 is 24.0 Å². The molecule has 0 aromatic heterocycles. The molecule has 158 valence electrons. The number of hydrogen-bond donors (Lipinski definition) is 1. The third kappa shape index (κ3) is 8.29. The summed E-state index contributed by atoms with van der Waals surface area (Å²) in [6.45, 7) is 7.35. The highest BCUT2D eigenvalue weighted by atomic mass is 35.5. The maximum Gasteiger partial charge on any atom is 0.0922 e. The molecular weight excluding hydrogens is 389 g/mol. The summed E-state index contributed by atoms with van der Waals surface area (Å²) in [4.78, 5) is 2.46. The maximum absolute atomic E-state index is 11.0. The second-order valence-corrected chi connectivity index (χ2v) is 8.09. The largest absolute Gasteiger partial charge is 0.387 e. The number of benzene rings is 2. The maximum atomic E-state index is 11.0. The van der Waals surface area contributed by atoms with Gasteiger partial charge in [0.1, 0.15) is 0 Å². The van der Waals surface area contributed by atoms with Crippen molar-refractivity contribution in [3.8, 4) is 0 Å². The molecule has 0 radical (unpaired) electrons. The van der Waals surface area contributed by atoms with Crippen molar-refractivity contribution >= 4 is 34.8 Å². The van der Waals surface area contributed by atoms with Crippen molar-refractivity contribution in [1.82, 2.24) is 4.90 Å². The summed E-state index contributed by atoms with van der Waals surface area (Å²) in [7, 11) is 0. The van der Waals surface area contributed by atoms with Gasteiger partial charge in [-0.3, -0.25) is 0 Å². The molecule has 0 aliphatic heterocycles. The van der Waals surface area contributed by atoms with Crippen LogP contribution in [-0.4, -0.2) is 29.6 Å². The lowest BCUT2D eigenvalue weighted by Gasteiger charge is -2.26. The first-order valence-electron chi connectivity index (χ1n) is 10.7. The van der Waals surface area contributed by atoms with E-state index in [-0.39, 0.29) is 12.4 Å². The fraction of sp³-hybridized carbons (Fsp3) is 0.583. The average molecular weight is 426 g/mol. The van der Waals surface area contributed by atoms with E-state index in [1.807, 2.05) is 30.3 Å². The molecule has 2 aromatic carbocycles. The zero-order valence-electron chi connectivity index (χ0n) is 17.5. The Labute approximate surface area is 182 Å². The summed E-state index contributed by atoms with van der Waals surface area (Å²) >= 11 is 6.21. The van der Waals surface area contributed by atoms with Gasteiger partial charge in [-0.05, 0) is 54.4 Å². The van der Waals surface area contributed by atoms with E-state index >= 15 is 0 Å². The Balaban J connectivity index is 0.00000392. The summed E-state index contributed by atoms with van der Waals surface area (Å²) in [5.74, 6) is 0. The lowest BCUT2D eigenvalue weighted by Crippen LogP contribution is -2.31. The van der Waals surface area contributed by atoms with E-state index in [0.717, 1.165) is 34.4 Å². The van der Waals surface area contributed by atoms with E-state index < -0.39 is 6.10 Å². The Hall–Kier alpha value is -0.800. The molecule has 0 aliphatic carbocycles. The van der Waals surface area contributed by atoms with Gasteiger partial charge in [0.05, 0.1) is 6.10 Å². The van der Waals surface area contributed by atoms with Crippen molar-refractivity contribution in [1.29, 1.82) is 0 Å². The molecule has 4 heteroatoms. The van der Waals surface area contributed by atoms with Crippen molar-refractivity contribution in [2.75, 3.05) is 19.6 Å². The molecule has 0 bridgehead atoms. The first-order valence-corrected chi connectivity index (χ1v) is 11.1. The SMILES string of the molecule is CCCCCCN(CCCCCC)CC(O)c1cccc2ccc(Cl)cc12.Cl. The second kappa shape index (κ2) is 14.2. The van der Waals surface area contributed by atoms with Gasteiger partial charge in [0.2, 0.25) is 0 Å². The molecule has 0 saturated heterocycles. The quantitative estimate of drug-likeness (QED) is 0.337. The topological polar surface area (TPSA) is 23.5 Å². The number of nitrogens with zero attached hydrogens (tertiary/aromatic N) is 1. The molecular formula is C24H37Cl2NO. The van der Waals surface area contributed by atoms with Gasteiger partial charge in [0.15, 0.2) is 0 Å². The predicted molar refractivity (Wildman–Crippen MR) is 126 cm³/mol. The molecule has 0 fully saturated rings. The second-order valence-electron chi connectivity index (χ2n) is 7.65. The Morgan fingerprint density at radius 2 is 1.54 bits per heavy atom. The van der Waals surface area contributed by atoms with E-state index in [0.29, 0.717) is 6.54 Å². The van der Waals surface area contributed by atoms with Crippen LogP contribution in [0.25, 0.3) is 10.8 Å². The van der Waals surface area contributed by atoms with E-state index in [2.05, 4.69) is 24.8 Å². The van der Waals surface area contributed by atoms with Gasteiger partial charge < -0.3 is 10.0 Å². The molecule has 1 atom stereocenters. The number of hydrogen-bond acceptors (Lipinski definition) is 2. The normalized spacial score (nSPS) is 12.3. The highest BCUT2D eigenvalue weighted by Crippen LogP contribution is 2.27. The van der Waals surface area contributed by atoms with Crippen molar-refractivity contribution in [2.24, 2.45) is 0 Å². The van der Waals surface area contributed by atoms with E-state index in [4.69, 9.17) is 11.6 Å². The fourth-order valence-electron chi connectivity index (χ4n) is 3.72. The molecule has 0 aliphatic rings. The number of aliphatic hydroxyl groups excluding tert-OH is 1. The minimum atomic E-state index is -0.482.